The second-order valence-electron chi connectivity index (χ2n) is 2.81. The highest BCUT2D eigenvalue weighted by atomic mass is 19.3. The lowest BCUT2D eigenvalue weighted by molar-refractivity contribution is -0.387. The van der Waals surface area contributed by atoms with Crippen molar-refractivity contribution < 1.29 is 13.7 Å². The number of pyridine rings is 1. The molecule has 0 fully saturated rings. The monoisotopic (exact) mass is 229 g/mol. The zero-order valence-electron chi connectivity index (χ0n) is 7.74. The molecule has 0 radical (unpaired) electrons. The van der Waals surface area contributed by atoms with Gasteiger partial charge in [-0.3, -0.25) is 14.9 Å². The molecule has 1 rings (SSSR count). The SMILES string of the molecule is N#CCc1cc(=O)[nH]c(C(F)F)c1[N+](=O)[O-]. The van der Waals surface area contributed by atoms with Gasteiger partial charge in [0.2, 0.25) is 5.56 Å². The smallest absolute Gasteiger partial charge is 0.298 e. The predicted molar refractivity (Wildman–Crippen MR) is 48.0 cm³/mol. The molecule has 0 aliphatic carbocycles. The number of hydrogen-bond donors (Lipinski definition) is 1. The highest BCUT2D eigenvalue weighted by molar-refractivity contribution is 5.45. The fraction of sp³-hybridized carbons (Fsp3) is 0.250. The summed E-state index contributed by atoms with van der Waals surface area (Å²) >= 11 is 0. The quantitative estimate of drug-likeness (QED) is 0.623. The van der Waals surface area contributed by atoms with Gasteiger partial charge in [0.15, 0.2) is 5.69 Å². The molecule has 1 heterocycles. The number of nitriles is 1. The van der Waals surface area contributed by atoms with Crippen molar-refractivity contribution in [2.24, 2.45) is 0 Å². The summed E-state index contributed by atoms with van der Waals surface area (Å²) in [7, 11) is 0. The lowest BCUT2D eigenvalue weighted by Crippen LogP contribution is -2.13. The van der Waals surface area contributed by atoms with E-state index in [0.29, 0.717) is 0 Å². The number of halogens is 2. The molecule has 0 saturated carbocycles. The second kappa shape index (κ2) is 4.48. The van der Waals surface area contributed by atoms with Crippen LogP contribution in [0.15, 0.2) is 10.9 Å². The van der Waals surface area contributed by atoms with Crippen LogP contribution in [0.5, 0.6) is 0 Å². The van der Waals surface area contributed by atoms with E-state index in [0.717, 1.165) is 6.07 Å². The Bertz CT molecular complexity index is 518. The van der Waals surface area contributed by atoms with Gasteiger partial charge in [-0.1, -0.05) is 0 Å². The van der Waals surface area contributed by atoms with Crippen molar-refractivity contribution in [3.8, 4) is 6.07 Å². The first kappa shape index (κ1) is 11.8. The number of nitro groups is 1. The maximum absolute atomic E-state index is 12.4. The molecular weight excluding hydrogens is 224 g/mol. The average molecular weight is 229 g/mol. The summed E-state index contributed by atoms with van der Waals surface area (Å²) in [6.07, 6.45) is -3.65. The van der Waals surface area contributed by atoms with Crippen LogP contribution in [0.4, 0.5) is 14.5 Å². The maximum atomic E-state index is 12.4. The van der Waals surface area contributed by atoms with Gasteiger partial charge in [-0.05, 0) is 0 Å². The maximum Gasteiger partial charge on any atom is 0.298 e. The third kappa shape index (κ3) is 2.20. The topological polar surface area (TPSA) is 99.8 Å². The van der Waals surface area contributed by atoms with Crippen LogP contribution in [0.25, 0.3) is 0 Å². The lowest BCUT2D eigenvalue weighted by Gasteiger charge is -2.04. The van der Waals surface area contributed by atoms with Crippen molar-refractivity contribution >= 4 is 5.69 Å². The molecule has 0 atom stereocenters. The molecule has 0 unspecified atom stereocenters. The van der Waals surface area contributed by atoms with Gasteiger partial charge in [0.25, 0.3) is 12.1 Å². The Morgan fingerprint density at radius 3 is 2.69 bits per heavy atom. The van der Waals surface area contributed by atoms with Crippen LogP contribution in [0, 0.1) is 21.4 Å². The van der Waals surface area contributed by atoms with Crippen LogP contribution in [0.1, 0.15) is 17.7 Å². The van der Waals surface area contributed by atoms with Crippen molar-refractivity contribution in [2.45, 2.75) is 12.8 Å². The van der Waals surface area contributed by atoms with E-state index in [2.05, 4.69) is 0 Å². The summed E-state index contributed by atoms with van der Waals surface area (Å²) in [4.78, 5) is 22.2. The Balaban J connectivity index is 3.55. The molecule has 0 amide bonds. The first-order valence-electron chi connectivity index (χ1n) is 4.03. The Morgan fingerprint density at radius 1 is 1.62 bits per heavy atom. The summed E-state index contributed by atoms with van der Waals surface area (Å²) in [6, 6.07) is 2.34. The fourth-order valence-electron chi connectivity index (χ4n) is 1.22. The Morgan fingerprint density at radius 2 is 2.25 bits per heavy atom. The highest BCUT2D eigenvalue weighted by Crippen LogP contribution is 2.28. The molecule has 0 aromatic carbocycles. The number of H-pyrrole nitrogens is 1. The minimum atomic E-state index is -3.17. The number of nitrogens with zero attached hydrogens (tertiary/aromatic N) is 2. The van der Waals surface area contributed by atoms with Crippen LogP contribution in [-0.4, -0.2) is 9.91 Å². The van der Waals surface area contributed by atoms with Gasteiger partial charge in [-0.25, -0.2) is 8.78 Å². The van der Waals surface area contributed by atoms with Crippen molar-refractivity contribution in [3.63, 3.8) is 0 Å². The van der Waals surface area contributed by atoms with E-state index in [9.17, 15) is 23.7 Å². The summed E-state index contributed by atoms with van der Waals surface area (Å²) in [6.45, 7) is 0. The van der Waals surface area contributed by atoms with Gasteiger partial charge in [0.1, 0.15) is 0 Å². The number of nitrogens with one attached hydrogen (secondary N) is 1. The number of alkyl halides is 2. The van der Waals surface area contributed by atoms with Gasteiger partial charge in [-0.2, -0.15) is 5.26 Å². The molecular formula is C8H5F2N3O3. The van der Waals surface area contributed by atoms with E-state index >= 15 is 0 Å². The van der Waals surface area contributed by atoms with Crippen LogP contribution in [0.2, 0.25) is 0 Å². The van der Waals surface area contributed by atoms with E-state index in [1.807, 2.05) is 0 Å². The summed E-state index contributed by atoms with van der Waals surface area (Å²) in [5.74, 6) is 0. The fourth-order valence-corrected chi connectivity index (χ4v) is 1.22. The van der Waals surface area contributed by atoms with E-state index < -0.39 is 34.7 Å². The molecule has 16 heavy (non-hydrogen) atoms. The molecule has 0 aliphatic heterocycles. The van der Waals surface area contributed by atoms with Gasteiger partial charge >= 0.3 is 0 Å². The Hall–Kier alpha value is -2.30. The van der Waals surface area contributed by atoms with E-state index in [-0.39, 0.29) is 5.56 Å². The number of hydrogen-bond acceptors (Lipinski definition) is 4. The first-order chi connectivity index (χ1) is 7.47. The van der Waals surface area contributed by atoms with E-state index in [4.69, 9.17) is 5.26 Å². The highest BCUT2D eigenvalue weighted by Gasteiger charge is 2.27. The summed E-state index contributed by atoms with van der Waals surface area (Å²) in [5.41, 5.74) is -3.18. The number of aromatic nitrogens is 1. The van der Waals surface area contributed by atoms with Crippen molar-refractivity contribution in [1.29, 1.82) is 5.26 Å². The van der Waals surface area contributed by atoms with E-state index in [1.54, 1.807) is 11.1 Å². The Labute approximate surface area is 87.3 Å². The average Bonchev–Trinajstić information content (AvgIpc) is 2.16. The minimum Gasteiger partial charge on any atom is -0.315 e. The Kier molecular flexibility index (Phi) is 3.30. The van der Waals surface area contributed by atoms with Crippen LogP contribution >= 0.6 is 0 Å². The van der Waals surface area contributed by atoms with Crippen LogP contribution < -0.4 is 5.56 Å². The first-order valence-corrected chi connectivity index (χ1v) is 4.03. The third-order valence-corrected chi connectivity index (χ3v) is 1.79. The molecule has 0 aliphatic rings. The van der Waals surface area contributed by atoms with E-state index in [1.165, 1.54) is 0 Å². The molecule has 1 aromatic heterocycles. The molecule has 0 spiro atoms. The zero-order valence-corrected chi connectivity index (χ0v) is 7.74. The predicted octanol–water partition coefficient (Wildman–Crippen LogP) is 1.29. The minimum absolute atomic E-state index is 0.313. The third-order valence-electron chi connectivity index (χ3n) is 1.79. The lowest BCUT2D eigenvalue weighted by atomic mass is 10.1. The molecule has 1 N–H and O–H groups in total. The molecule has 8 heteroatoms. The standard InChI is InChI=1S/C8H5F2N3O3/c9-8(10)6-7(13(15)16)4(1-2-11)3-5(14)12-6/h3,8H,1H2,(H,12,14). The van der Waals surface area contributed by atoms with Gasteiger partial charge < -0.3 is 4.98 Å². The van der Waals surface area contributed by atoms with Crippen LogP contribution in [-0.2, 0) is 6.42 Å². The van der Waals surface area contributed by atoms with Gasteiger partial charge in [0, 0.05) is 6.07 Å². The number of rotatable bonds is 3. The second-order valence-corrected chi connectivity index (χ2v) is 2.81. The molecule has 0 saturated heterocycles. The molecule has 6 nitrogen and oxygen atoms in total. The molecule has 0 bridgehead atoms. The summed E-state index contributed by atoms with van der Waals surface area (Å²) < 4.78 is 24.9. The van der Waals surface area contributed by atoms with Gasteiger partial charge in [-0.15, -0.1) is 0 Å². The number of aromatic amines is 1. The summed E-state index contributed by atoms with van der Waals surface area (Å²) in [5, 5.41) is 18.9. The van der Waals surface area contributed by atoms with Gasteiger partial charge in [0.05, 0.1) is 23.0 Å². The van der Waals surface area contributed by atoms with Crippen LogP contribution in [0.3, 0.4) is 0 Å². The normalized spacial score (nSPS) is 10.1. The van der Waals surface area contributed by atoms with Crippen molar-refractivity contribution in [1.82, 2.24) is 4.98 Å². The zero-order chi connectivity index (χ0) is 12.3. The molecule has 84 valence electrons. The molecule has 1 aromatic rings. The largest absolute Gasteiger partial charge is 0.315 e. The van der Waals surface area contributed by atoms with Crippen molar-refractivity contribution in [2.75, 3.05) is 0 Å². The van der Waals surface area contributed by atoms with Crippen molar-refractivity contribution in [3.05, 3.63) is 37.8 Å².